The van der Waals surface area contributed by atoms with Crippen molar-refractivity contribution in [3.8, 4) is 22.9 Å². The number of benzene rings is 2. The van der Waals surface area contributed by atoms with Crippen LogP contribution in [0.3, 0.4) is 0 Å². The zero-order valence-electron chi connectivity index (χ0n) is 18.0. The monoisotopic (exact) mass is 450 g/mol. The fourth-order valence-electron chi connectivity index (χ4n) is 4.23. The fraction of sp³-hybridized carbons (Fsp3) is 0.375. The van der Waals surface area contributed by atoms with Gasteiger partial charge < -0.3 is 14.4 Å². The molecule has 2 aliphatic rings. The zero-order valence-corrected chi connectivity index (χ0v) is 18.9. The van der Waals surface area contributed by atoms with E-state index in [9.17, 15) is 4.79 Å². The summed E-state index contributed by atoms with van der Waals surface area (Å²) in [5, 5.41) is 7.85. The van der Waals surface area contributed by atoms with Crippen molar-refractivity contribution < 1.29 is 14.3 Å². The fourth-order valence-corrected chi connectivity index (χ4v) is 4.91. The second kappa shape index (κ2) is 9.24. The molecular weight excluding hydrogens is 424 g/mol. The minimum Gasteiger partial charge on any atom is -0.486 e. The van der Waals surface area contributed by atoms with Gasteiger partial charge in [-0.2, -0.15) is 0 Å². The molecule has 1 atom stereocenters. The lowest BCUT2D eigenvalue weighted by atomic mass is 10.0. The smallest absolute Gasteiger partial charge is 0.233 e. The number of aromatic nitrogens is 3. The molecule has 2 aromatic carbocycles. The average molecular weight is 451 g/mol. The second-order valence-electron chi connectivity index (χ2n) is 7.95. The first kappa shape index (κ1) is 20.9. The minimum absolute atomic E-state index is 0.0683. The lowest BCUT2D eigenvalue weighted by Crippen LogP contribution is -2.32. The number of hydrogen-bond acceptors (Lipinski definition) is 6. The molecule has 166 valence electrons. The van der Waals surface area contributed by atoms with E-state index in [4.69, 9.17) is 9.47 Å². The molecule has 3 aromatic rings. The molecule has 1 N–H and O–H groups in total. The van der Waals surface area contributed by atoms with Crippen molar-refractivity contribution in [3.63, 3.8) is 0 Å². The number of ether oxygens (including phenoxy) is 2. The van der Waals surface area contributed by atoms with Gasteiger partial charge in [0, 0.05) is 12.1 Å². The van der Waals surface area contributed by atoms with Gasteiger partial charge in [-0.3, -0.25) is 9.89 Å². The van der Waals surface area contributed by atoms with Crippen LogP contribution in [0, 0.1) is 0 Å². The molecule has 1 aromatic heterocycles. The third-order valence-electron chi connectivity index (χ3n) is 5.95. The van der Waals surface area contributed by atoms with Crippen LogP contribution in [-0.4, -0.2) is 51.5 Å². The molecule has 2 aliphatic heterocycles. The van der Waals surface area contributed by atoms with Gasteiger partial charge in [-0.1, -0.05) is 49.0 Å². The van der Waals surface area contributed by atoms with E-state index in [2.05, 4.69) is 34.2 Å². The second-order valence-corrected chi connectivity index (χ2v) is 8.90. The molecule has 5 rings (SSSR count). The van der Waals surface area contributed by atoms with Crippen LogP contribution >= 0.6 is 11.8 Å². The van der Waals surface area contributed by atoms with E-state index in [0.29, 0.717) is 24.1 Å². The SMILES string of the molecule is CCc1ccc(-c2nc(SCC(=O)N3CCCC3c3ccc4c(c3)OCCO4)n[nH]2)cc1. The summed E-state index contributed by atoms with van der Waals surface area (Å²) in [5.41, 5.74) is 3.37. The van der Waals surface area contributed by atoms with Crippen molar-refractivity contribution in [1.82, 2.24) is 20.1 Å². The van der Waals surface area contributed by atoms with Gasteiger partial charge in [-0.15, -0.1) is 5.10 Å². The average Bonchev–Trinajstić information content (AvgIpc) is 3.52. The molecule has 7 nitrogen and oxygen atoms in total. The Kier molecular flexibility index (Phi) is 6.03. The Morgan fingerprint density at radius 3 is 2.78 bits per heavy atom. The van der Waals surface area contributed by atoms with Crippen LogP contribution in [0.15, 0.2) is 47.6 Å². The number of likely N-dealkylation sites (tertiary alicyclic amines) is 1. The molecule has 8 heteroatoms. The standard InChI is InChI=1S/C24H26N4O3S/c1-2-16-5-7-17(8-6-16)23-25-24(27-26-23)32-15-22(29)28-11-3-4-19(28)18-9-10-20-21(14-18)31-13-12-30-20/h5-10,14,19H,2-4,11-13,15H2,1H3,(H,25,26,27). The van der Waals surface area contributed by atoms with Crippen molar-refractivity contribution in [2.24, 2.45) is 0 Å². The molecule has 0 bridgehead atoms. The van der Waals surface area contributed by atoms with Crippen molar-refractivity contribution >= 4 is 17.7 Å². The van der Waals surface area contributed by atoms with Gasteiger partial charge in [-0.05, 0) is 42.5 Å². The van der Waals surface area contributed by atoms with E-state index in [-0.39, 0.29) is 11.9 Å². The Hall–Kier alpha value is -3.00. The van der Waals surface area contributed by atoms with Crippen LogP contribution in [0.25, 0.3) is 11.4 Å². The van der Waals surface area contributed by atoms with E-state index in [1.165, 1.54) is 17.3 Å². The summed E-state index contributed by atoms with van der Waals surface area (Å²) < 4.78 is 11.3. The summed E-state index contributed by atoms with van der Waals surface area (Å²) >= 11 is 1.37. The van der Waals surface area contributed by atoms with Gasteiger partial charge in [0.05, 0.1) is 11.8 Å². The number of carbonyl (C=O) groups is 1. The predicted octanol–water partition coefficient (Wildman–Crippen LogP) is 4.26. The Labute approximate surface area is 191 Å². The van der Waals surface area contributed by atoms with Gasteiger partial charge in [0.15, 0.2) is 17.3 Å². The summed E-state index contributed by atoms with van der Waals surface area (Å²) in [5.74, 6) is 2.68. The molecule has 1 saturated heterocycles. The Morgan fingerprint density at radius 2 is 1.97 bits per heavy atom. The molecule has 3 heterocycles. The third kappa shape index (κ3) is 4.32. The summed E-state index contributed by atoms with van der Waals surface area (Å²) in [6, 6.07) is 14.4. The highest BCUT2D eigenvalue weighted by Crippen LogP contribution is 2.38. The zero-order chi connectivity index (χ0) is 21.9. The Balaban J connectivity index is 1.22. The number of nitrogens with zero attached hydrogens (tertiary/aromatic N) is 3. The molecule has 0 radical (unpaired) electrons. The number of aromatic amines is 1. The van der Waals surface area contributed by atoms with Crippen molar-refractivity contribution in [1.29, 1.82) is 0 Å². The molecule has 0 aliphatic carbocycles. The first-order valence-corrected chi connectivity index (χ1v) is 12.0. The number of nitrogens with one attached hydrogen (secondary N) is 1. The lowest BCUT2D eigenvalue weighted by molar-refractivity contribution is -0.129. The number of carbonyl (C=O) groups excluding carboxylic acids is 1. The first-order chi connectivity index (χ1) is 15.7. The van der Waals surface area contributed by atoms with E-state index in [0.717, 1.165) is 54.3 Å². The maximum absolute atomic E-state index is 13.0. The summed E-state index contributed by atoms with van der Waals surface area (Å²) in [6.07, 6.45) is 2.95. The van der Waals surface area contributed by atoms with Crippen LogP contribution in [0.5, 0.6) is 11.5 Å². The van der Waals surface area contributed by atoms with E-state index in [1.54, 1.807) is 0 Å². The van der Waals surface area contributed by atoms with Crippen molar-refractivity contribution in [2.75, 3.05) is 25.5 Å². The lowest BCUT2D eigenvalue weighted by Gasteiger charge is -2.26. The molecule has 1 amide bonds. The molecule has 0 spiro atoms. The van der Waals surface area contributed by atoms with Gasteiger partial charge in [0.1, 0.15) is 13.2 Å². The number of amides is 1. The summed E-state index contributed by atoms with van der Waals surface area (Å²) in [4.78, 5) is 19.5. The number of hydrogen-bond donors (Lipinski definition) is 1. The topological polar surface area (TPSA) is 80.3 Å². The molecule has 1 fully saturated rings. The third-order valence-corrected chi connectivity index (χ3v) is 6.78. The summed E-state index contributed by atoms with van der Waals surface area (Å²) in [7, 11) is 0. The van der Waals surface area contributed by atoms with Crippen molar-refractivity contribution in [2.45, 2.75) is 37.4 Å². The number of fused-ring (bicyclic) bond motifs is 1. The molecular formula is C24H26N4O3S. The van der Waals surface area contributed by atoms with E-state index < -0.39 is 0 Å². The van der Waals surface area contributed by atoms with Crippen LogP contribution in [0.1, 0.15) is 36.9 Å². The number of H-pyrrole nitrogens is 1. The Bertz CT molecular complexity index is 1100. The highest BCUT2D eigenvalue weighted by Gasteiger charge is 2.31. The molecule has 1 unspecified atom stereocenters. The largest absolute Gasteiger partial charge is 0.486 e. The predicted molar refractivity (Wildman–Crippen MR) is 123 cm³/mol. The number of rotatable bonds is 6. The van der Waals surface area contributed by atoms with E-state index in [1.807, 2.05) is 35.2 Å². The molecule has 0 saturated carbocycles. The normalized spacial score (nSPS) is 17.5. The maximum atomic E-state index is 13.0. The van der Waals surface area contributed by atoms with Gasteiger partial charge in [0.25, 0.3) is 0 Å². The van der Waals surface area contributed by atoms with Gasteiger partial charge in [-0.25, -0.2) is 4.98 Å². The van der Waals surface area contributed by atoms with Crippen molar-refractivity contribution in [3.05, 3.63) is 53.6 Å². The van der Waals surface area contributed by atoms with Crippen LogP contribution in [0.4, 0.5) is 0 Å². The summed E-state index contributed by atoms with van der Waals surface area (Å²) in [6.45, 7) is 4.03. The minimum atomic E-state index is 0.0683. The van der Waals surface area contributed by atoms with Crippen LogP contribution in [0.2, 0.25) is 0 Å². The van der Waals surface area contributed by atoms with Crippen LogP contribution < -0.4 is 9.47 Å². The maximum Gasteiger partial charge on any atom is 0.233 e. The molecule has 32 heavy (non-hydrogen) atoms. The quantitative estimate of drug-likeness (QED) is 0.565. The van der Waals surface area contributed by atoms with Gasteiger partial charge >= 0.3 is 0 Å². The highest BCUT2D eigenvalue weighted by molar-refractivity contribution is 7.99. The number of thioether (sulfide) groups is 1. The number of aryl methyl sites for hydroxylation is 1. The van der Waals surface area contributed by atoms with E-state index >= 15 is 0 Å². The highest BCUT2D eigenvalue weighted by atomic mass is 32.2. The van der Waals surface area contributed by atoms with Gasteiger partial charge in [0.2, 0.25) is 11.1 Å². The first-order valence-electron chi connectivity index (χ1n) is 11.0. The Morgan fingerprint density at radius 1 is 1.16 bits per heavy atom. The van der Waals surface area contributed by atoms with Crippen LogP contribution in [-0.2, 0) is 11.2 Å².